The number of halogens is 1. The molecule has 148 valence electrons. The second-order valence-electron chi connectivity index (χ2n) is 9.10. The fraction of sp³-hybridized carbons (Fsp3) is 0.720. The molecule has 3 rings (SSSR count). The van der Waals surface area contributed by atoms with E-state index < -0.39 is 0 Å². The van der Waals surface area contributed by atoms with Crippen molar-refractivity contribution in [3.8, 4) is 6.07 Å². The molecule has 2 fully saturated rings. The minimum Gasteiger partial charge on any atom is -0.207 e. The number of hydrogen-bond donors (Lipinski definition) is 0. The Kier molecular flexibility index (Phi) is 7.74. The largest absolute Gasteiger partial charge is 0.207 e. The second kappa shape index (κ2) is 10.3. The number of benzene rings is 1. The lowest BCUT2D eigenvalue weighted by molar-refractivity contribution is 0.250. The molecule has 1 nitrogen and oxygen atoms in total. The van der Waals surface area contributed by atoms with Gasteiger partial charge in [0.05, 0.1) is 6.07 Å². The van der Waals surface area contributed by atoms with E-state index in [9.17, 15) is 4.39 Å². The summed E-state index contributed by atoms with van der Waals surface area (Å²) in [5.74, 6) is 2.28. The minimum absolute atomic E-state index is 0.0174. The van der Waals surface area contributed by atoms with Gasteiger partial charge in [-0.15, -0.1) is 0 Å². The number of unbranched alkanes of at least 4 members (excludes halogenated alkanes) is 1. The third-order valence-electron chi connectivity index (χ3n) is 7.19. The summed E-state index contributed by atoms with van der Waals surface area (Å²) in [5, 5.41) is 9.03. The van der Waals surface area contributed by atoms with Crippen molar-refractivity contribution < 1.29 is 4.39 Å². The molecule has 2 aliphatic carbocycles. The van der Waals surface area contributed by atoms with Crippen LogP contribution in [-0.2, 0) is 6.42 Å². The molecule has 0 N–H and O–H groups in total. The number of nitrogens with zero attached hydrogens (tertiary/aromatic N) is 1. The zero-order valence-corrected chi connectivity index (χ0v) is 17.1. The van der Waals surface area contributed by atoms with Crippen LogP contribution in [0.15, 0.2) is 18.2 Å². The molecule has 0 radical (unpaired) electrons. The molecule has 0 saturated heterocycles. The lowest BCUT2D eigenvalue weighted by atomic mass is 9.77. The molecule has 27 heavy (non-hydrogen) atoms. The normalized spacial score (nSPS) is 28.6. The van der Waals surface area contributed by atoms with Crippen molar-refractivity contribution >= 4 is 0 Å². The molecule has 0 aromatic heterocycles. The molecule has 0 amide bonds. The summed E-state index contributed by atoms with van der Waals surface area (Å²) in [5.41, 5.74) is 2.04. The summed E-state index contributed by atoms with van der Waals surface area (Å²) in [6.07, 6.45) is 15.7. The molecule has 0 spiro atoms. The van der Waals surface area contributed by atoms with Crippen LogP contribution in [0.2, 0.25) is 0 Å². The van der Waals surface area contributed by atoms with Crippen LogP contribution in [0.5, 0.6) is 0 Å². The van der Waals surface area contributed by atoms with Crippen molar-refractivity contribution in [2.45, 2.75) is 96.3 Å². The van der Waals surface area contributed by atoms with Crippen LogP contribution in [0.4, 0.5) is 4.39 Å². The quantitative estimate of drug-likeness (QED) is 0.486. The van der Waals surface area contributed by atoms with Crippen LogP contribution in [-0.4, -0.2) is 0 Å². The van der Waals surface area contributed by atoms with E-state index in [4.69, 9.17) is 5.26 Å². The van der Waals surface area contributed by atoms with Gasteiger partial charge in [-0.2, -0.15) is 5.26 Å². The van der Waals surface area contributed by atoms with E-state index >= 15 is 0 Å². The first kappa shape index (κ1) is 20.4. The maximum absolute atomic E-state index is 14.7. The van der Waals surface area contributed by atoms with Crippen molar-refractivity contribution in [3.05, 3.63) is 35.1 Å². The smallest absolute Gasteiger partial charge is 0.126 e. The molecule has 0 heterocycles. The van der Waals surface area contributed by atoms with Crippen molar-refractivity contribution in [1.82, 2.24) is 0 Å². The van der Waals surface area contributed by atoms with Gasteiger partial charge in [0.15, 0.2) is 0 Å². The van der Waals surface area contributed by atoms with Gasteiger partial charge >= 0.3 is 0 Å². The van der Waals surface area contributed by atoms with Crippen molar-refractivity contribution in [2.24, 2.45) is 17.8 Å². The third kappa shape index (κ3) is 5.81. The average Bonchev–Trinajstić information content (AvgIpc) is 2.72. The van der Waals surface area contributed by atoms with Gasteiger partial charge in [0.25, 0.3) is 0 Å². The van der Waals surface area contributed by atoms with Gasteiger partial charge in [0.2, 0.25) is 0 Å². The van der Waals surface area contributed by atoms with Gasteiger partial charge in [-0.1, -0.05) is 64.0 Å². The summed E-state index contributed by atoms with van der Waals surface area (Å²) in [6, 6.07) is 8.34. The lowest BCUT2D eigenvalue weighted by Crippen LogP contribution is -2.15. The molecular formula is C25H36FN. The van der Waals surface area contributed by atoms with E-state index in [2.05, 4.69) is 19.1 Å². The number of rotatable bonds is 7. The van der Waals surface area contributed by atoms with Gasteiger partial charge in [-0.3, -0.25) is 0 Å². The number of aryl methyl sites for hydroxylation is 1. The van der Waals surface area contributed by atoms with Gasteiger partial charge in [-0.25, -0.2) is 4.39 Å². The molecule has 1 aromatic carbocycles. The van der Waals surface area contributed by atoms with Crippen molar-refractivity contribution in [1.29, 1.82) is 5.26 Å². The Morgan fingerprint density at radius 2 is 1.63 bits per heavy atom. The standard InChI is InChI=1S/C25H36FN/c1-2-3-4-19-5-7-20(8-6-19)9-10-21-13-16-24(25(26)17-21)23-14-11-22(18-27)12-15-23/h13,16-17,19-20,22-23H,2-12,14-15H2,1H3/t19-,20-,22-,23-. The monoisotopic (exact) mass is 369 g/mol. The zero-order valence-electron chi connectivity index (χ0n) is 17.1. The molecule has 1 aromatic rings. The predicted octanol–water partition coefficient (Wildman–Crippen LogP) is 7.55. The van der Waals surface area contributed by atoms with E-state index in [0.717, 1.165) is 55.1 Å². The van der Waals surface area contributed by atoms with E-state index in [0.29, 0.717) is 5.92 Å². The Balaban J connectivity index is 1.45. The van der Waals surface area contributed by atoms with Gasteiger partial charge in [-0.05, 0) is 73.5 Å². The SMILES string of the molecule is CCCC[C@H]1CC[C@H](CCc2ccc([C@H]3CC[C@H](C#N)CC3)c(F)c2)CC1. The summed E-state index contributed by atoms with van der Waals surface area (Å²) < 4.78 is 14.7. The van der Waals surface area contributed by atoms with Crippen molar-refractivity contribution in [3.63, 3.8) is 0 Å². The Bertz CT molecular complexity index is 616. The molecule has 0 aliphatic heterocycles. The van der Waals surface area contributed by atoms with Crippen LogP contribution in [0.3, 0.4) is 0 Å². The highest BCUT2D eigenvalue weighted by Gasteiger charge is 2.24. The molecular weight excluding hydrogens is 333 g/mol. The fourth-order valence-corrected chi connectivity index (χ4v) is 5.26. The van der Waals surface area contributed by atoms with Gasteiger partial charge in [0.1, 0.15) is 5.82 Å². The van der Waals surface area contributed by atoms with Crippen LogP contribution in [0.1, 0.15) is 101 Å². The average molecular weight is 370 g/mol. The highest BCUT2D eigenvalue weighted by Crippen LogP contribution is 2.37. The molecule has 0 bridgehead atoms. The topological polar surface area (TPSA) is 23.8 Å². The van der Waals surface area contributed by atoms with E-state index in [1.807, 2.05) is 6.07 Å². The summed E-state index contributed by atoms with van der Waals surface area (Å²) >= 11 is 0. The molecule has 2 saturated carbocycles. The van der Waals surface area contributed by atoms with Crippen LogP contribution in [0.25, 0.3) is 0 Å². The Labute approximate surface area is 165 Å². The van der Waals surface area contributed by atoms with Gasteiger partial charge in [0, 0.05) is 5.92 Å². The Hall–Kier alpha value is -1.36. The van der Waals surface area contributed by atoms with Crippen LogP contribution < -0.4 is 0 Å². The lowest BCUT2D eigenvalue weighted by Gasteiger charge is -2.28. The summed E-state index contributed by atoms with van der Waals surface area (Å²) in [6.45, 7) is 2.29. The fourth-order valence-electron chi connectivity index (χ4n) is 5.26. The number of nitriles is 1. The minimum atomic E-state index is -0.0174. The van der Waals surface area contributed by atoms with Crippen molar-refractivity contribution in [2.75, 3.05) is 0 Å². The van der Waals surface area contributed by atoms with Crippen LogP contribution in [0, 0.1) is 34.9 Å². The third-order valence-corrected chi connectivity index (χ3v) is 7.19. The first-order valence-corrected chi connectivity index (χ1v) is 11.4. The van der Waals surface area contributed by atoms with E-state index in [1.54, 1.807) is 6.07 Å². The Morgan fingerprint density at radius 1 is 0.963 bits per heavy atom. The van der Waals surface area contributed by atoms with E-state index in [-0.39, 0.29) is 11.7 Å². The predicted molar refractivity (Wildman–Crippen MR) is 110 cm³/mol. The highest BCUT2D eigenvalue weighted by molar-refractivity contribution is 5.28. The first-order valence-electron chi connectivity index (χ1n) is 11.4. The second-order valence-corrected chi connectivity index (χ2v) is 9.10. The van der Waals surface area contributed by atoms with Gasteiger partial charge < -0.3 is 0 Å². The molecule has 2 aliphatic rings. The van der Waals surface area contributed by atoms with Crippen LogP contribution >= 0.6 is 0 Å². The maximum Gasteiger partial charge on any atom is 0.126 e. The summed E-state index contributed by atoms with van der Waals surface area (Å²) in [4.78, 5) is 0. The molecule has 0 atom stereocenters. The molecule has 0 unspecified atom stereocenters. The highest BCUT2D eigenvalue weighted by atomic mass is 19.1. The zero-order chi connectivity index (χ0) is 19.1. The molecule has 2 heteroatoms. The van der Waals surface area contributed by atoms with E-state index in [1.165, 1.54) is 51.4 Å². The number of hydrogen-bond acceptors (Lipinski definition) is 1. The first-order chi connectivity index (χ1) is 13.2. The summed E-state index contributed by atoms with van der Waals surface area (Å²) in [7, 11) is 0. The Morgan fingerprint density at radius 3 is 2.22 bits per heavy atom. The maximum atomic E-state index is 14.7.